The third-order valence-electron chi connectivity index (χ3n) is 4.32. The number of thiophene rings is 1. The Morgan fingerprint density at radius 3 is 2.64 bits per heavy atom. The van der Waals surface area contributed by atoms with Gasteiger partial charge in [0.2, 0.25) is 5.91 Å². The maximum absolute atomic E-state index is 12.5. The number of Topliss-reactive ketones (excluding diaryl/α,β-unsaturated/α-hetero) is 1. The van der Waals surface area contributed by atoms with E-state index < -0.39 is 11.8 Å². The van der Waals surface area contributed by atoms with Crippen molar-refractivity contribution in [3.63, 3.8) is 0 Å². The van der Waals surface area contributed by atoms with E-state index >= 15 is 0 Å². The maximum Gasteiger partial charge on any atom is 0.245 e. The van der Waals surface area contributed by atoms with Crippen molar-refractivity contribution in [3.05, 3.63) is 21.4 Å². The Morgan fingerprint density at radius 1 is 1.23 bits per heavy atom. The fourth-order valence-corrected chi connectivity index (χ4v) is 4.08. The van der Waals surface area contributed by atoms with Gasteiger partial charge in [-0.15, -0.1) is 11.3 Å². The van der Waals surface area contributed by atoms with E-state index in [4.69, 9.17) is 0 Å². The van der Waals surface area contributed by atoms with Gasteiger partial charge in [-0.25, -0.2) is 0 Å². The van der Waals surface area contributed by atoms with Crippen molar-refractivity contribution in [1.29, 1.82) is 5.26 Å². The molecule has 2 aliphatic rings. The van der Waals surface area contributed by atoms with Gasteiger partial charge in [-0.1, -0.05) is 12.8 Å². The Balaban J connectivity index is 1.76. The summed E-state index contributed by atoms with van der Waals surface area (Å²) in [4.78, 5) is 26.4. The largest absolute Gasteiger partial charge is 0.352 e. The molecule has 0 aliphatic heterocycles. The Bertz CT molecular complexity index is 600. The van der Waals surface area contributed by atoms with Gasteiger partial charge in [0.1, 0.15) is 0 Å². The molecule has 1 N–H and O–H groups in total. The summed E-state index contributed by atoms with van der Waals surface area (Å²) < 4.78 is 0. The van der Waals surface area contributed by atoms with E-state index in [9.17, 15) is 14.9 Å². The number of nitrogens with zero attached hydrogens (tertiary/aromatic N) is 1. The van der Waals surface area contributed by atoms with Gasteiger partial charge in [-0.05, 0) is 50.2 Å². The Morgan fingerprint density at radius 2 is 1.95 bits per heavy atom. The van der Waals surface area contributed by atoms with Gasteiger partial charge >= 0.3 is 0 Å². The number of carbonyl (C=O) groups is 2. The summed E-state index contributed by atoms with van der Waals surface area (Å²) in [6.45, 7) is 0. The standard InChI is InChI=1S/C17H20N2O2S/c18-10-13(17(21)19-12-7-8-12)16(20)15-9-11-5-3-1-2-4-6-14(11)22-15/h9,12-13H,1-8H2,(H,19,21). The lowest BCUT2D eigenvalue weighted by Gasteiger charge is -2.07. The molecule has 1 aromatic heterocycles. The Kier molecular flexibility index (Phi) is 4.58. The van der Waals surface area contributed by atoms with Gasteiger partial charge in [0.15, 0.2) is 11.7 Å². The number of hydrogen-bond donors (Lipinski definition) is 1. The summed E-state index contributed by atoms with van der Waals surface area (Å²) >= 11 is 1.48. The zero-order valence-electron chi connectivity index (χ0n) is 12.6. The number of ketones is 1. The molecule has 5 heteroatoms. The lowest BCUT2D eigenvalue weighted by Crippen LogP contribution is -2.35. The van der Waals surface area contributed by atoms with Gasteiger partial charge in [0, 0.05) is 10.9 Å². The van der Waals surface area contributed by atoms with Crippen molar-refractivity contribution in [1.82, 2.24) is 5.32 Å². The van der Waals surface area contributed by atoms with Gasteiger partial charge in [0.05, 0.1) is 10.9 Å². The quantitative estimate of drug-likeness (QED) is 0.685. The molecule has 1 saturated carbocycles. The Hall–Kier alpha value is -1.67. The van der Waals surface area contributed by atoms with Gasteiger partial charge in [0.25, 0.3) is 0 Å². The Labute approximate surface area is 134 Å². The fourth-order valence-electron chi connectivity index (χ4n) is 2.86. The van der Waals surface area contributed by atoms with Crippen LogP contribution in [-0.2, 0) is 17.6 Å². The first-order valence-electron chi connectivity index (χ1n) is 8.05. The van der Waals surface area contributed by atoms with Gasteiger partial charge in [-0.3, -0.25) is 9.59 Å². The highest BCUT2D eigenvalue weighted by atomic mass is 32.1. The third kappa shape index (κ3) is 3.38. The van der Waals surface area contributed by atoms with Crippen LogP contribution in [0.4, 0.5) is 0 Å². The maximum atomic E-state index is 12.5. The van der Waals surface area contributed by atoms with Crippen LogP contribution in [0.3, 0.4) is 0 Å². The van der Waals surface area contributed by atoms with Crippen LogP contribution >= 0.6 is 11.3 Å². The first-order valence-corrected chi connectivity index (χ1v) is 8.86. The first-order chi connectivity index (χ1) is 10.7. The van der Waals surface area contributed by atoms with E-state index in [2.05, 4.69) is 5.32 Å². The average Bonchev–Trinajstić information content (AvgIpc) is 3.20. The smallest absolute Gasteiger partial charge is 0.245 e. The van der Waals surface area contributed by atoms with E-state index in [1.165, 1.54) is 34.6 Å². The second kappa shape index (κ2) is 6.62. The molecule has 0 bridgehead atoms. The van der Waals surface area contributed by atoms with Crippen LogP contribution in [0.5, 0.6) is 0 Å². The highest BCUT2D eigenvalue weighted by Crippen LogP contribution is 2.30. The van der Waals surface area contributed by atoms with Gasteiger partial charge < -0.3 is 5.32 Å². The first kappa shape index (κ1) is 15.2. The molecule has 1 unspecified atom stereocenters. The molecule has 3 rings (SSSR count). The van der Waals surface area contributed by atoms with Crippen LogP contribution in [0.2, 0.25) is 0 Å². The zero-order valence-corrected chi connectivity index (χ0v) is 13.4. The molecule has 0 aromatic carbocycles. The van der Waals surface area contributed by atoms with Crippen LogP contribution in [0.25, 0.3) is 0 Å². The number of fused-ring (bicyclic) bond motifs is 1. The van der Waals surface area contributed by atoms with Crippen molar-refractivity contribution >= 4 is 23.0 Å². The molecule has 0 saturated heterocycles. The summed E-state index contributed by atoms with van der Waals surface area (Å²) in [6.07, 6.45) is 8.71. The van der Waals surface area contributed by atoms with Crippen LogP contribution in [0.1, 0.15) is 58.6 Å². The third-order valence-corrected chi connectivity index (χ3v) is 5.57. The molecule has 116 valence electrons. The number of aryl methyl sites for hydroxylation is 2. The van der Waals surface area contributed by atoms with E-state index in [0.717, 1.165) is 38.5 Å². The number of nitriles is 1. The van der Waals surface area contributed by atoms with Crippen molar-refractivity contribution in [3.8, 4) is 6.07 Å². The lowest BCUT2D eigenvalue weighted by atomic mass is 9.98. The van der Waals surface area contributed by atoms with Crippen LogP contribution in [0, 0.1) is 17.2 Å². The number of nitrogens with one attached hydrogen (secondary N) is 1. The number of rotatable bonds is 4. The van der Waals surface area contributed by atoms with Gasteiger partial charge in [-0.2, -0.15) is 5.26 Å². The minimum atomic E-state index is -1.20. The molecule has 22 heavy (non-hydrogen) atoms. The van der Waals surface area contributed by atoms with Crippen LogP contribution in [-0.4, -0.2) is 17.7 Å². The SMILES string of the molecule is N#CC(C(=O)NC1CC1)C(=O)c1cc2c(s1)CCCCCC2. The van der Waals surface area contributed by atoms with Crippen LogP contribution in [0.15, 0.2) is 6.07 Å². The average molecular weight is 316 g/mol. The molecule has 2 aliphatic carbocycles. The van der Waals surface area contributed by atoms with E-state index in [1.807, 2.05) is 12.1 Å². The monoisotopic (exact) mass is 316 g/mol. The summed E-state index contributed by atoms with van der Waals surface area (Å²) in [6, 6.07) is 3.97. The number of hydrogen-bond acceptors (Lipinski definition) is 4. The van der Waals surface area contributed by atoms with Crippen molar-refractivity contribution < 1.29 is 9.59 Å². The minimum Gasteiger partial charge on any atom is -0.352 e. The summed E-state index contributed by atoms with van der Waals surface area (Å²) in [5.41, 5.74) is 1.24. The molecule has 1 atom stereocenters. The second-order valence-electron chi connectivity index (χ2n) is 6.18. The molecular weight excluding hydrogens is 296 g/mol. The normalized spacial score (nSPS) is 19.2. The number of carbonyl (C=O) groups excluding carboxylic acids is 2. The topological polar surface area (TPSA) is 70.0 Å². The van der Waals surface area contributed by atoms with E-state index in [0.29, 0.717) is 4.88 Å². The second-order valence-corrected chi connectivity index (χ2v) is 7.32. The highest BCUT2D eigenvalue weighted by molar-refractivity contribution is 7.14. The van der Waals surface area contributed by atoms with E-state index in [-0.39, 0.29) is 11.8 Å². The molecule has 0 spiro atoms. The highest BCUT2D eigenvalue weighted by Gasteiger charge is 2.33. The van der Waals surface area contributed by atoms with Crippen molar-refractivity contribution in [2.45, 2.75) is 57.4 Å². The fraction of sp³-hybridized carbons (Fsp3) is 0.588. The molecule has 1 fully saturated rings. The van der Waals surface area contributed by atoms with E-state index in [1.54, 1.807) is 0 Å². The zero-order chi connectivity index (χ0) is 15.5. The lowest BCUT2D eigenvalue weighted by molar-refractivity contribution is -0.122. The molecule has 0 radical (unpaired) electrons. The molecule has 1 aromatic rings. The summed E-state index contributed by atoms with van der Waals surface area (Å²) in [5, 5.41) is 12.0. The predicted molar refractivity (Wildman–Crippen MR) is 84.8 cm³/mol. The van der Waals surface area contributed by atoms with Crippen LogP contribution < -0.4 is 5.32 Å². The minimum absolute atomic E-state index is 0.166. The predicted octanol–water partition coefficient (Wildman–Crippen LogP) is 3.01. The molecular formula is C17H20N2O2S. The molecule has 1 amide bonds. The summed E-state index contributed by atoms with van der Waals surface area (Å²) in [5.74, 6) is -1.97. The van der Waals surface area contributed by atoms with Crippen molar-refractivity contribution in [2.24, 2.45) is 5.92 Å². The van der Waals surface area contributed by atoms with Crippen molar-refractivity contribution in [2.75, 3.05) is 0 Å². The number of amides is 1. The molecule has 4 nitrogen and oxygen atoms in total. The molecule has 1 heterocycles. The summed E-state index contributed by atoms with van der Waals surface area (Å²) in [7, 11) is 0.